The highest BCUT2D eigenvalue weighted by Crippen LogP contribution is 2.39. The lowest BCUT2D eigenvalue weighted by molar-refractivity contribution is -0.835. The molecule has 0 fully saturated rings. The maximum absolute atomic E-state index is 13.5. The van der Waals surface area contributed by atoms with Crippen molar-refractivity contribution in [1.29, 1.82) is 0 Å². The molecule has 2 amide bonds. The summed E-state index contributed by atoms with van der Waals surface area (Å²) in [5.74, 6) is -1.33. The number of carbonyl (C=O) groups is 3. The van der Waals surface area contributed by atoms with Gasteiger partial charge in [-0.3, -0.25) is 34.1 Å². The number of allylic oxidation sites excluding steroid dienone is 2. The Morgan fingerprint density at radius 2 is 1.62 bits per heavy atom. The molecule has 1 aromatic heterocycles. The predicted octanol–water partition coefficient (Wildman–Crippen LogP) is 3.95. The Labute approximate surface area is 276 Å². The fourth-order valence-corrected chi connectivity index (χ4v) is 8.24. The number of aromatic nitrogens is 2. The van der Waals surface area contributed by atoms with Crippen LogP contribution >= 0.6 is 11.8 Å². The quantitative estimate of drug-likeness (QED) is 0.170. The van der Waals surface area contributed by atoms with Crippen LogP contribution in [-0.4, -0.2) is 50.7 Å². The van der Waals surface area contributed by atoms with Gasteiger partial charge in [0.25, 0.3) is 17.4 Å². The maximum Gasteiger partial charge on any atom is 0.275 e. The minimum atomic E-state index is -0.530. The highest BCUT2D eigenvalue weighted by molar-refractivity contribution is 8.00. The minimum absolute atomic E-state index is 0.0347. The number of para-hydroxylation sites is 1. The van der Waals surface area contributed by atoms with E-state index in [0.717, 1.165) is 26.3 Å². The third-order valence-corrected chi connectivity index (χ3v) is 10.5. The summed E-state index contributed by atoms with van der Waals surface area (Å²) in [6.45, 7) is 8.53. The number of nitrogens with one attached hydrogen (secondary N) is 2. The number of quaternary nitrogens is 1. The summed E-state index contributed by atoms with van der Waals surface area (Å²) in [7, 11) is 0. The molecule has 240 valence electrons. The smallest absolute Gasteiger partial charge is 0.275 e. The molecule has 47 heavy (non-hydrogen) atoms. The van der Waals surface area contributed by atoms with Crippen LogP contribution in [0.25, 0.3) is 16.3 Å². The molecule has 0 radical (unpaired) electrons. The summed E-state index contributed by atoms with van der Waals surface area (Å²) in [4.78, 5) is 57.0. The van der Waals surface area contributed by atoms with Crippen molar-refractivity contribution in [2.24, 2.45) is 0 Å². The number of rotatable bonds is 8. The zero-order chi connectivity index (χ0) is 33.2. The van der Waals surface area contributed by atoms with Crippen molar-refractivity contribution < 1.29 is 24.4 Å². The molecule has 9 nitrogen and oxygen atoms in total. The monoisotopic (exact) mass is 648 g/mol. The molecule has 10 heteroatoms. The van der Waals surface area contributed by atoms with Gasteiger partial charge < -0.3 is 5.11 Å². The van der Waals surface area contributed by atoms with E-state index < -0.39 is 17.1 Å². The summed E-state index contributed by atoms with van der Waals surface area (Å²) in [6, 6.07) is 19.1. The number of aryl methyl sites for hydroxylation is 1. The van der Waals surface area contributed by atoms with E-state index in [4.69, 9.17) is 0 Å². The van der Waals surface area contributed by atoms with Gasteiger partial charge in [-0.15, -0.1) is 0 Å². The van der Waals surface area contributed by atoms with E-state index in [2.05, 4.69) is 11.2 Å². The molecular weight excluding hydrogens is 612 g/mol. The molecule has 2 aliphatic heterocycles. The zero-order valence-corrected chi connectivity index (χ0v) is 27.6. The number of fused-ring (bicyclic) bond motifs is 1. The summed E-state index contributed by atoms with van der Waals surface area (Å²) >= 11 is 1.60. The Balaban J connectivity index is 1.10. The van der Waals surface area contributed by atoms with Crippen LogP contribution in [0, 0.1) is 0 Å². The van der Waals surface area contributed by atoms with E-state index in [1.165, 1.54) is 9.58 Å². The molecule has 1 aliphatic carbocycles. The highest BCUT2D eigenvalue weighted by atomic mass is 32.2. The number of aromatic amines is 1. The number of imide groups is 1. The number of H-pyrrole nitrogens is 1. The molecule has 0 bridgehead atoms. The molecule has 0 saturated carbocycles. The topological polar surface area (TPSA) is 120 Å². The molecule has 2 N–H and O–H groups in total. The normalized spacial score (nSPS) is 20.0. The number of hydrogen-bond donors (Lipinski definition) is 2. The third-order valence-electron chi connectivity index (χ3n) is 9.27. The SMILES string of the molecule is CCc1[nH]n(C(C)(C)C)c(=O)c1C1=C([O-])/C(=C\C2Sc3ccccc3[NH+]2CCCCN2C(=O)c3cccc4cccc(c34)C2=O)C1=O. The van der Waals surface area contributed by atoms with E-state index in [9.17, 15) is 24.3 Å². The Hall–Kier alpha value is -4.67. The van der Waals surface area contributed by atoms with Crippen LogP contribution in [0.2, 0.25) is 0 Å². The second kappa shape index (κ2) is 11.5. The van der Waals surface area contributed by atoms with Crippen LogP contribution in [0.4, 0.5) is 5.69 Å². The molecule has 2 unspecified atom stereocenters. The Morgan fingerprint density at radius 1 is 0.936 bits per heavy atom. The molecule has 3 aromatic carbocycles. The van der Waals surface area contributed by atoms with E-state index in [-0.39, 0.29) is 39.5 Å². The summed E-state index contributed by atoms with van der Waals surface area (Å²) < 4.78 is 1.48. The van der Waals surface area contributed by atoms with Crippen molar-refractivity contribution in [1.82, 2.24) is 14.7 Å². The second-order valence-corrected chi connectivity index (χ2v) is 14.4. The van der Waals surface area contributed by atoms with E-state index in [1.807, 2.05) is 70.2 Å². The number of nitrogens with zero attached hydrogens (tertiary/aromatic N) is 2. The lowest BCUT2D eigenvalue weighted by Gasteiger charge is -2.31. The van der Waals surface area contributed by atoms with Gasteiger partial charge in [0.2, 0.25) is 0 Å². The molecule has 4 aromatic rings. The highest BCUT2D eigenvalue weighted by Gasteiger charge is 2.39. The summed E-state index contributed by atoms with van der Waals surface area (Å²) in [5.41, 5.74) is 2.15. The molecule has 0 spiro atoms. The third kappa shape index (κ3) is 4.98. The molecular formula is C37H36N4O5S. The number of thioether (sulfide) groups is 1. The van der Waals surface area contributed by atoms with Gasteiger partial charge in [-0.25, -0.2) is 4.68 Å². The van der Waals surface area contributed by atoms with Crippen LogP contribution in [0.5, 0.6) is 0 Å². The number of hydrogen-bond acceptors (Lipinski definition) is 6. The summed E-state index contributed by atoms with van der Waals surface area (Å²) in [6.07, 6.45) is 3.56. The average molecular weight is 649 g/mol. The second-order valence-electron chi connectivity index (χ2n) is 13.2. The lowest BCUT2D eigenvalue weighted by Crippen LogP contribution is -3.09. The van der Waals surface area contributed by atoms with E-state index >= 15 is 0 Å². The van der Waals surface area contributed by atoms with Gasteiger partial charge in [-0.2, -0.15) is 0 Å². The first-order valence-corrected chi connectivity index (χ1v) is 16.9. The fraction of sp³-hybridized carbons (Fsp3) is 0.297. The van der Waals surface area contributed by atoms with Gasteiger partial charge in [-0.05, 0) is 69.7 Å². The molecule has 3 heterocycles. The fourth-order valence-electron chi connectivity index (χ4n) is 6.89. The average Bonchev–Trinajstić information content (AvgIpc) is 3.58. The van der Waals surface area contributed by atoms with Gasteiger partial charge >= 0.3 is 0 Å². The Kier molecular flexibility index (Phi) is 7.60. The van der Waals surface area contributed by atoms with Crippen LogP contribution in [0.15, 0.2) is 87.8 Å². The zero-order valence-electron chi connectivity index (χ0n) is 26.8. The van der Waals surface area contributed by atoms with Gasteiger partial charge in [0.05, 0.1) is 22.5 Å². The van der Waals surface area contributed by atoms with Crippen molar-refractivity contribution >= 4 is 51.4 Å². The maximum atomic E-state index is 13.5. The van der Waals surface area contributed by atoms with Crippen molar-refractivity contribution in [2.45, 2.75) is 62.8 Å². The number of carbonyl (C=O) groups excluding carboxylic acids is 3. The van der Waals surface area contributed by atoms with Crippen LogP contribution in [-0.2, 0) is 16.8 Å². The molecule has 2 atom stereocenters. The molecule has 0 saturated heterocycles. The minimum Gasteiger partial charge on any atom is -0.871 e. The van der Waals surface area contributed by atoms with E-state index in [0.29, 0.717) is 49.2 Å². The first-order valence-electron chi connectivity index (χ1n) is 16.0. The number of Topliss-reactive ketones (excluding diaryl/α,β-unsaturated/α-hetero) is 1. The van der Waals surface area contributed by atoms with Crippen molar-refractivity contribution in [3.05, 3.63) is 111 Å². The van der Waals surface area contributed by atoms with Gasteiger partial charge in [0.1, 0.15) is 5.69 Å². The summed E-state index contributed by atoms with van der Waals surface area (Å²) in [5, 5.41) is 18.0. The predicted molar refractivity (Wildman–Crippen MR) is 180 cm³/mol. The Bertz CT molecular complexity index is 2060. The van der Waals surface area contributed by atoms with Crippen LogP contribution in [0.1, 0.15) is 72.5 Å². The molecule has 7 rings (SSSR count). The van der Waals surface area contributed by atoms with Crippen molar-refractivity contribution in [2.75, 3.05) is 13.1 Å². The standard InChI is InChI=1S/C37H36N4O5S/c1-5-25-30(36(46)41(38-25)37(2,3)4)31-32(42)24(33(31)43)20-28-39(26-16-6-7-17-27(26)47-28)18-8-9-19-40-34(44)22-14-10-12-21-13-11-15-23(29(21)22)35(40)45/h6-7,10-17,20,28,38,42H,5,8-9,18-19H2,1-4H3/b24-20+. The number of amides is 2. The number of benzene rings is 3. The van der Waals surface area contributed by atoms with Gasteiger partial charge in [0, 0.05) is 46.0 Å². The van der Waals surface area contributed by atoms with Gasteiger partial charge in [0.15, 0.2) is 11.2 Å². The number of unbranched alkanes of at least 4 members (excludes halogenated alkanes) is 1. The van der Waals surface area contributed by atoms with Gasteiger partial charge in [-0.1, -0.05) is 60.8 Å². The van der Waals surface area contributed by atoms with Crippen LogP contribution < -0.4 is 15.6 Å². The number of ketones is 1. The first kappa shape index (κ1) is 31.0. The van der Waals surface area contributed by atoms with Crippen LogP contribution in [0.3, 0.4) is 0 Å². The van der Waals surface area contributed by atoms with Crippen molar-refractivity contribution in [3.8, 4) is 0 Å². The lowest BCUT2D eigenvalue weighted by atomic mass is 9.83. The van der Waals surface area contributed by atoms with E-state index in [1.54, 1.807) is 30.0 Å². The molecule has 3 aliphatic rings. The van der Waals surface area contributed by atoms with Crippen molar-refractivity contribution in [3.63, 3.8) is 0 Å². The Morgan fingerprint density at radius 3 is 2.26 bits per heavy atom. The largest absolute Gasteiger partial charge is 0.871 e. The first-order chi connectivity index (χ1) is 22.5.